The van der Waals surface area contributed by atoms with Crippen LogP contribution >= 0.6 is 0 Å². The van der Waals surface area contributed by atoms with Gasteiger partial charge in [-0.25, -0.2) is 0 Å². The minimum absolute atomic E-state index is 0.0778. The molecule has 2 aromatic carbocycles. The molecule has 2 aromatic heterocycles. The third kappa shape index (κ3) is 3.68. The number of carbonyl (C=O) groups is 1. The van der Waals surface area contributed by atoms with E-state index in [4.69, 9.17) is 9.47 Å². The van der Waals surface area contributed by atoms with Crippen LogP contribution in [0.2, 0.25) is 0 Å². The monoisotopic (exact) mass is 375 g/mol. The topological polar surface area (TPSA) is 65.4 Å². The van der Waals surface area contributed by atoms with Crippen LogP contribution in [0.4, 0.5) is 5.69 Å². The van der Waals surface area contributed by atoms with Crippen molar-refractivity contribution in [1.29, 1.82) is 0 Å². The summed E-state index contributed by atoms with van der Waals surface area (Å²) in [6.45, 7) is 1.32. The van der Waals surface area contributed by atoms with Crippen LogP contribution in [0.5, 0.6) is 5.75 Å². The van der Waals surface area contributed by atoms with Crippen molar-refractivity contribution in [2.45, 2.75) is 6.54 Å². The Kier molecular flexibility index (Phi) is 5.21. The predicted octanol–water partition coefficient (Wildman–Crippen LogP) is 3.85. The Bertz CT molecular complexity index is 1120. The lowest BCUT2D eigenvalue weighted by Crippen LogP contribution is -2.20. The van der Waals surface area contributed by atoms with Crippen molar-refractivity contribution < 1.29 is 14.3 Å². The Labute approximate surface area is 162 Å². The van der Waals surface area contributed by atoms with Gasteiger partial charge in [-0.05, 0) is 30.3 Å². The van der Waals surface area contributed by atoms with E-state index >= 15 is 0 Å². The van der Waals surface area contributed by atoms with E-state index in [2.05, 4.69) is 14.9 Å². The molecule has 28 heavy (non-hydrogen) atoms. The minimum atomic E-state index is -0.228. The standard InChI is InChI=1S/C22H21N3O3/c1-27-14-13-25-12-10-17-19(25)8-3-9-20(17)28-15-21(26)24-18-7-2-5-16-6-4-11-23-22(16)18/h2-12H,13-15H2,1H3,(H,24,26). The first kappa shape index (κ1) is 18.0. The fourth-order valence-electron chi connectivity index (χ4n) is 3.24. The maximum atomic E-state index is 12.4. The van der Waals surface area contributed by atoms with E-state index in [0.717, 1.165) is 28.4 Å². The van der Waals surface area contributed by atoms with Crippen LogP contribution in [0.15, 0.2) is 67.0 Å². The summed E-state index contributed by atoms with van der Waals surface area (Å²) in [5.74, 6) is 0.453. The van der Waals surface area contributed by atoms with E-state index in [0.29, 0.717) is 18.0 Å². The van der Waals surface area contributed by atoms with Crippen molar-refractivity contribution in [3.63, 3.8) is 0 Å². The molecular formula is C22H21N3O3. The number of methoxy groups -OCH3 is 1. The van der Waals surface area contributed by atoms with Gasteiger partial charge in [-0.3, -0.25) is 9.78 Å². The molecule has 142 valence electrons. The molecule has 1 amide bonds. The minimum Gasteiger partial charge on any atom is -0.483 e. The highest BCUT2D eigenvalue weighted by Gasteiger charge is 2.10. The van der Waals surface area contributed by atoms with Gasteiger partial charge in [-0.2, -0.15) is 0 Å². The molecule has 0 saturated heterocycles. The fraction of sp³-hybridized carbons (Fsp3) is 0.182. The normalized spacial score (nSPS) is 11.0. The van der Waals surface area contributed by atoms with Crippen molar-refractivity contribution in [2.75, 3.05) is 25.6 Å². The predicted molar refractivity (Wildman–Crippen MR) is 110 cm³/mol. The molecule has 4 aromatic rings. The molecular weight excluding hydrogens is 354 g/mol. The second-order valence-corrected chi connectivity index (χ2v) is 6.41. The van der Waals surface area contributed by atoms with Gasteiger partial charge in [-0.1, -0.05) is 24.3 Å². The maximum Gasteiger partial charge on any atom is 0.262 e. The van der Waals surface area contributed by atoms with Crippen LogP contribution in [-0.2, 0) is 16.1 Å². The van der Waals surface area contributed by atoms with Crippen molar-refractivity contribution in [1.82, 2.24) is 9.55 Å². The molecule has 0 aliphatic carbocycles. The fourth-order valence-corrected chi connectivity index (χ4v) is 3.24. The SMILES string of the molecule is COCCn1ccc2c(OCC(=O)Nc3cccc4cccnc34)cccc21. The second kappa shape index (κ2) is 8.10. The number of nitrogens with one attached hydrogen (secondary N) is 1. The van der Waals surface area contributed by atoms with Gasteiger partial charge in [0.05, 0.1) is 23.3 Å². The van der Waals surface area contributed by atoms with Crippen molar-refractivity contribution >= 4 is 33.4 Å². The van der Waals surface area contributed by atoms with Gasteiger partial charge in [0.1, 0.15) is 5.75 Å². The number of carbonyl (C=O) groups excluding carboxylic acids is 1. The third-order valence-corrected chi connectivity index (χ3v) is 4.58. The van der Waals surface area contributed by atoms with Gasteiger partial charge in [0.25, 0.3) is 5.91 Å². The molecule has 0 spiro atoms. The van der Waals surface area contributed by atoms with E-state index in [1.165, 1.54) is 0 Å². The van der Waals surface area contributed by atoms with Gasteiger partial charge in [-0.15, -0.1) is 0 Å². The number of ether oxygens (including phenoxy) is 2. The summed E-state index contributed by atoms with van der Waals surface area (Å²) in [4.78, 5) is 16.8. The van der Waals surface area contributed by atoms with Gasteiger partial charge in [0.2, 0.25) is 0 Å². The molecule has 4 rings (SSSR count). The Balaban J connectivity index is 1.47. The average molecular weight is 375 g/mol. The van der Waals surface area contributed by atoms with Crippen LogP contribution < -0.4 is 10.1 Å². The third-order valence-electron chi connectivity index (χ3n) is 4.58. The molecule has 0 fully saturated rings. The molecule has 2 heterocycles. The molecule has 6 nitrogen and oxygen atoms in total. The average Bonchev–Trinajstić information content (AvgIpc) is 3.14. The van der Waals surface area contributed by atoms with E-state index in [1.807, 2.05) is 60.8 Å². The van der Waals surface area contributed by atoms with Gasteiger partial charge in [0, 0.05) is 36.8 Å². The number of benzene rings is 2. The smallest absolute Gasteiger partial charge is 0.262 e. The summed E-state index contributed by atoms with van der Waals surface area (Å²) < 4.78 is 13.1. The summed E-state index contributed by atoms with van der Waals surface area (Å²) in [5.41, 5.74) is 2.49. The van der Waals surface area contributed by atoms with Crippen LogP contribution in [0.3, 0.4) is 0 Å². The van der Waals surface area contributed by atoms with Crippen molar-refractivity contribution in [2.24, 2.45) is 0 Å². The quantitative estimate of drug-likeness (QED) is 0.533. The summed E-state index contributed by atoms with van der Waals surface area (Å²) in [7, 11) is 1.68. The first-order valence-corrected chi connectivity index (χ1v) is 9.09. The molecule has 0 aliphatic rings. The number of fused-ring (bicyclic) bond motifs is 2. The molecule has 1 N–H and O–H groups in total. The van der Waals surface area contributed by atoms with Gasteiger partial charge >= 0.3 is 0 Å². The molecule has 0 aliphatic heterocycles. The largest absolute Gasteiger partial charge is 0.483 e. The number of hydrogen-bond acceptors (Lipinski definition) is 4. The number of aromatic nitrogens is 2. The van der Waals surface area contributed by atoms with Gasteiger partial charge < -0.3 is 19.4 Å². The number of para-hydroxylation sites is 1. The Hall–Kier alpha value is -3.38. The molecule has 6 heteroatoms. The maximum absolute atomic E-state index is 12.4. The highest BCUT2D eigenvalue weighted by molar-refractivity contribution is 6.00. The lowest BCUT2D eigenvalue weighted by atomic mass is 10.2. The van der Waals surface area contributed by atoms with Crippen LogP contribution in [0.1, 0.15) is 0 Å². The number of nitrogens with zero attached hydrogens (tertiary/aromatic N) is 2. The Morgan fingerprint density at radius 2 is 1.96 bits per heavy atom. The number of amides is 1. The number of anilines is 1. The number of rotatable bonds is 7. The van der Waals surface area contributed by atoms with E-state index in [-0.39, 0.29) is 12.5 Å². The van der Waals surface area contributed by atoms with E-state index in [1.54, 1.807) is 13.3 Å². The number of hydrogen-bond donors (Lipinski definition) is 1. The zero-order valence-electron chi connectivity index (χ0n) is 15.6. The zero-order valence-corrected chi connectivity index (χ0v) is 15.6. The van der Waals surface area contributed by atoms with Crippen LogP contribution in [0, 0.1) is 0 Å². The second-order valence-electron chi connectivity index (χ2n) is 6.41. The molecule has 0 saturated carbocycles. The molecule has 0 unspecified atom stereocenters. The first-order valence-electron chi connectivity index (χ1n) is 9.09. The van der Waals surface area contributed by atoms with Crippen molar-refractivity contribution in [3.8, 4) is 5.75 Å². The van der Waals surface area contributed by atoms with E-state index < -0.39 is 0 Å². The molecule has 0 bridgehead atoms. The first-order chi connectivity index (χ1) is 13.8. The van der Waals surface area contributed by atoms with Crippen LogP contribution in [0.25, 0.3) is 21.8 Å². The summed E-state index contributed by atoms with van der Waals surface area (Å²) in [5, 5.41) is 4.83. The Morgan fingerprint density at radius 1 is 1.11 bits per heavy atom. The van der Waals surface area contributed by atoms with Crippen LogP contribution in [-0.4, -0.2) is 35.8 Å². The zero-order chi connectivity index (χ0) is 19.3. The van der Waals surface area contributed by atoms with Crippen molar-refractivity contribution in [3.05, 3.63) is 67.0 Å². The highest BCUT2D eigenvalue weighted by Crippen LogP contribution is 2.27. The number of pyridine rings is 1. The molecule has 0 radical (unpaired) electrons. The highest BCUT2D eigenvalue weighted by atomic mass is 16.5. The Morgan fingerprint density at radius 3 is 2.86 bits per heavy atom. The lowest BCUT2D eigenvalue weighted by molar-refractivity contribution is -0.118. The van der Waals surface area contributed by atoms with E-state index in [9.17, 15) is 4.79 Å². The summed E-state index contributed by atoms with van der Waals surface area (Å²) >= 11 is 0. The lowest BCUT2D eigenvalue weighted by Gasteiger charge is -2.10. The van der Waals surface area contributed by atoms with Gasteiger partial charge in [0.15, 0.2) is 6.61 Å². The summed E-state index contributed by atoms with van der Waals surface area (Å²) in [6.07, 6.45) is 3.71. The summed E-state index contributed by atoms with van der Waals surface area (Å²) in [6, 6.07) is 17.3. The molecule has 0 atom stereocenters.